The SMILES string of the molecule is Cl.NC(=O)COc1ccc2ccccc2c1CNC1CCCCCC1. The van der Waals surface area contributed by atoms with Crippen molar-refractivity contribution in [3.05, 3.63) is 42.0 Å². The number of ether oxygens (including phenoxy) is 1. The minimum atomic E-state index is -0.453. The minimum Gasteiger partial charge on any atom is -0.483 e. The highest BCUT2D eigenvalue weighted by Gasteiger charge is 2.14. The third-order valence-corrected chi connectivity index (χ3v) is 4.79. The van der Waals surface area contributed by atoms with E-state index in [0.717, 1.165) is 17.9 Å². The fourth-order valence-corrected chi connectivity index (χ4v) is 3.51. The Balaban J connectivity index is 0.00000225. The maximum atomic E-state index is 11.1. The predicted octanol–water partition coefficient (Wildman–Crippen LogP) is 3.94. The zero-order valence-electron chi connectivity index (χ0n) is 14.5. The van der Waals surface area contributed by atoms with Crippen LogP contribution in [0, 0.1) is 0 Å². The van der Waals surface area contributed by atoms with Crippen LogP contribution in [0.15, 0.2) is 36.4 Å². The molecule has 0 atom stereocenters. The zero-order valence-corrected chi connectivity index (χ0v) is 15.3. The van der Waals surface area contributed by atoms with E-state index in [1.165, 1.54) is 49.3 Å². The summed E-state index contributed by atoms with van der Waals surface area (Å²) >= 11 is 0. The van der Waals surface area contributed by atoms with Crippen molar-refractivity contribution in [3.63, 3.8) is 0 Å². The first-order valence-electron chi connectivity index (χ1n) is 8.89. The summed E-state index contributed by atoms with van der Waals surface area (Å²) in [6.45, 7) is 0.662. The molecule has 4 nitrogen and oxygen atoms in total. The predicted molar refractivity (Wildman–Crippen MR) is 104 cm³/mol. The van der Waals surface area contributed by atoms with Crippen LogP contribution in [0.5, 0.6) is 5.75 Å². The van der Waals surface area contributed by atoms with E-state index in [1.54, 1.807) is 0 Å². The Morgan fingerprint density at radius 1 is 1.08 bits per heavy atom. The molecule has 25 heavy (non-hydrogen) atoms. The molecule has 136 valence electrons. The van der Waals surface area contributed by atoms with Gasteiger partial charge in [-0.2, -0.15) is 0 Å². The van der Waals surface area contributed by atoms with Gasteiger partial charge >= 0.3 is 0 Å². The number of fused-ring (bicyclic) bond motifs is 1. The van der Waals surface area contributed by atoms with E-state index in [9.17, 15) is 4.79 Å². The van der Waals surface area contributed by atoms with Gasteiger partial charge in [0.25, 0.3) is 5.91 Å². The fraction of sp³-hybridized carbons (Fsp3) is 0.450. The van der Waals surface area contributed by atoms with E-state index in [-0.39, 0.29) is 19.0 Å². The average molecular weight is 363 g/mol. The first kappa shape index (κ1) is 19.5. The van der Waals surface area contributed by atoms with Crippen LogP contribution in [-0.4, -0.2) is 18.6 Å². The number of carbonyl (C=O) groups excluding carboxylic acids is 1. The number of rotatable bonds is 6. The standard InChI is InChI=1S/C20H26N2O2.ClH/c21-20(23)14-24-19-12-11-15-7-5-6-10-17(15)18(19)13-22-16-8-3-1-2-4-9-16;/h5-7,10-12,16,22H,1-4,8-9,13-14H2,(H2,21,23);1H. The van der Waals surface area contributed by atoms with Gasteiger partial charge in [-0.3, -0.25) is 4.79 Å². The molecule has 3 rings (SSSR count). The molecule has 0 heterocycles. The lowest BCUT2D eigenvalue weighted by atomic mass is 10.0. The molecule has 1 aliphatic rings. The maximum absolute atomic E-state index is 11.1. The summed E-state index contributed by atoms with van der Waals surface area (Å²) in [4.78, 5) is 11.1. The molecule has 0 saturated heterocycles. The van der Waals surface area contributed by atoms with Crippen LogP contribution >= 0.6 is 12.4 Å². The van der Waals surface area contributed by atoms with E-state index >= 15 is 0 Å². The van der Waals surface area contributed by atoms with Crippen LogP contribution in [0.1, 0.15) is 44.1 Å². The van der Waals surface area contributed by atoms with Gasteiger partial charge in [-0.25, -0.2) is 0 Å². The molecule has 1 amide bonds. The van der Waals surface area contributed by atoms with Gasteiger partial charge < -0.3 is 15.8 Å². The summed E-state index contributed by atoms with van der Waals surface area (Å²) in [5, 5.41) is 6.05. The third kappa shape index (κ3) is 5.35. The normalized spacial score (nSPS) is 15.4. The fourth-order valence-electron chi connectivity index (χ4n) is 3.51. The van der Waals surface area contributed by atoms with Gasteiger partial charge in [0, 0.05) is 18.2 Å². The van der Waals surface area contributed by atoms with Gasteiger partial charge in [-0.1, -0.05) is 56.0 Å². The summed E-state index contributed by atoms with van der Waals surface area (Å²) in [6, 6.07) is 12.8. The Morgan fingerprint density at radius 3 is 2.52 bits per heavy atom. The summed E-state index contributed by atoms with van der Waals surface area (Å²) < 4.78 is 5.66. The molecule has 1 fully saturated rings. The Morgan fingerprint density at radius 2 is 1.80 bits per heavy atom. The van der Waals surface area contributed by atoms with Crippen molar-refractivity contribution >= 4 is 29.1 Å². The van der Waals surface area contributed by atoms with Gasteiger partial charge in [0.15, 0.2) is 6.61 Å². The lowest BCUT2D eigenvalue weighted by Crippen LogP contribution is -2.28. The van der Waals surface area contributed by atoms with Crippen LogP contribution in [0.3, 0.4) is 0 Å². The number of nitrogens with one attached hydrogen (secondary N) is 1. The highest BCUT2D eigenvalue weighted by molar-refractivity contribution is 5.88. The molecule has 3 N–H and O–H groups in total. The van der Waals surface area contributed by atoms with Gasteiger partial charge in [0.2, 0.25) is 0 Å². The third-order valence-electron chi connectivity index (χ3n) is 4.79. The van der Waals surface area contributed by atoms with Crippen LogP contribution in [0.25, 0.3) is 10.8 Å². The van der Waals surface area contributed by atoms with Crippen molar-refractivity contribution < 1.29 is 9.53 Å². The highest BCUT2D eigenvalue weighted by Crippen LogP contribution is 2.29. The molecule has 2 aromatic rings. The first-order chi connectivity index (χ1) is 11.7. The Bertz CT molecular complexity index is 697. The maximum Gasteiger partial charge on any atom is 0.255 e. The molecule has 1 saturated carbocycles. The van der Waals surface area contributed by atoms with Crippen molar-refractivity contribution in [2.75, 3.05) is 6.61 Å². The van der Waals surface area contributed by atoms with E-state index in [2.05, 4.69) is 17.4 Å². The topological polar surface area (TPSA) is 64.4 Å². The molecule has 0 aliphatic heterocycles. The van der Waals surface area contributed by atoms with Crippen LogP contribution in [0.4, 0.5) is 0 Å². The second-order valence-corrected chi connectivity index (χ2v) is 6.59. The summed E-state index contributed by atoms with van der Waals surface area (Å²) in [7, 11) is 0. The summed E-state index contributed by atoms with van der Waals surface area (Å²) in [6.07, 6.45) is 7.78. The van der Waals surface area contributed by atoms with E-state index in [0.29, 0.717) is 6.04 Å². The summed E-state index contributed by atoms with van der Waals surface area (Å²) in [5.41, 5.74) is 6.34. The molecule has 5 heteroatoms. The Hall–Kier alpha value is -1.78. The number of amides is 1. The van der Waals surface area contributed by atoms with Gasteiger partial charge in [0.05, 0.1) is 0 Å². The van der Waals surface area contributed by atoms with Crippen molar-refractivity contribution in [2.45, 2.75) is 51.1 Å². The van der Waals surface area contributed by atoms with Crippen LogP contribution in [-0.2, 0) is 11.3 Å². The molecule has 0 spiro atoms. The van der Waals surface area contributed by atoms with Crippen molar-refractivity contribution in [2.24, 2.45) is 5.73 Å². The monoisotopic (exact) mass is 362 g/mol. The number of hydrogen-bond acceptors (Lipinski definition) is 3. The number of benzene rings is 2. The lowest BCUT2D eigenvalue weighted by Gasteiger charge is -2.19. The Labute approximate surface area is 155 Å². The zero-order chi connectivity index (χ0) is 16.8. The number of carbonyl (C=O) groups is 1. The molecule has 0 aromatic heterocycles. The summed E-state index contributed by atoms with van der Waals surface area (Å²) in [5.74, 6) is 0.291. The largest absolute Gasteiger partial charge is 0.483 e. The van der Waals surface area contributed by atoms with Crippen molar-refractivity contribution in [3.8, 4) is 5.75 Å². The second-order valence-electron chi connectivity index (χ2n) is 6.59. The second kappa shape index (κ2) is 9.64. The molecular formula is C20H27ClN2O2. The molecule has 0 unspecified atom stereocenters. The van der Waals surface area contributed by atoms with E-state index in [4.69, 9.17) is 10.5 Å². The van der Waals surface area contributed by atoms with Crippen LogP contribution in [0.2, 0.25) is 0 Å². The molecule has 0 radical (unpaired) electrons. The molecular weight excluding hydrogens is 336 g/mol. The average Bonchev–Trinajstić information content (AvgIpc) is 2.87. The van der Waals surface area contributed by atoms with Crippen LogP contribution < -0.4 is 15.8 Å². The lowest BCUT2D eigenvalue weighted by molar-refractivity contribution is -0.119. The Kier molecular flexibility index (Phi) is 7.53. The number of halogens is 1. The van der Waals surface area contributed by atoms with E-state index in [1.807, 2.05) is 24.3 Å². The van der Waals surface area contributed by atoms with Crippen molar-refractivity contribution in [1.29, 1.82) is 0 Å². The quantitative estimate of drug-likeness (QED) is 0.765. The van der Waals surface area contributed by atoms with E-state index < -0.39 is 5.91 Å². The minimum absolute atomic E-state index is 0. The van der Waals surface area contributed by atoms with Gasteiger partial charge in [-0.05, 0) is 29.7 Å². The number of hydrogen-bond donors (Lipinski definition) is 2. The van der Waals surface area contributed by atoms with Crippen molar-refractivity contribution in [1.82, 2.24) is 5.32 Å². The molecule has 1 aliphatic carbocycles. The number of nitrogens with two attached hydrogens (primary N) is 1. The smallest absolute Gasteiger partial charge is 0.255 e. The highest BCUT2D eigenvalue weighted by atomic mass is 35.5. The van der Waals surface area contributed by atoms with Gasteiger partial charge in [0.1, 0.15) is 5.75 Å². The molecule has 2 aromatic carbocycles. The number of primary amides is 1. The first-order valence-corrected chi connectivity index (χ1v) is 8.89. The van der Waals surface area contributed by atoms with Gasteiger partial charge in [-0.15, -0.1) is 12.4 Å². The molecule has 0 bridgehead atoms.